The molecule has 0 saturated heterocycles. The van der Waals surface area contributed by atoms with E-state index in [-0.39, 0.29) is 4.90 Å². The lowest BCUT2D eigenvalue weighted by Crippen LogP contribution is -2.13. The van der Waals surface area contributed by atoms with Crippen molar-refractivity contribution in [2.45, 2.75) is 11.8 Å². The number of sulfonamides is 1. The number of benzene rings is 2. The van der Waals surface area contributed by atoms with E-state index < -0.39 is 10.0 Å². The maximum atomic E-state index is 12.5. The van der Waals surface area contributed by atoms with Gasteiger partial charge in [0.1, 0.15) is 0 Å². The summed E-state index contributed by atoms with van der Waals surface area (Å²) in [6.07, 6.45) is 1.78. The summed E-state index contributed by atoms with van der Waals surface area (Å²) in [5.41, 5.74) is 2.33. The Labute approximate surface area is 131 Å². The predicted molar refractivity (Wildman–Crippen MR) is 88.0 cm³/mol. The molecule has 0 unspecified atom stereocenters. The molecule has 2 aromatic carbocycles. The quantitative estimate of drug-likeness (QED) is 0.736. The van der Waals surface area contributed by atoms with Gasteiger partial charge in [-0.05, 0) is 48.9 Å². The lowest BCUT2D eigenvalue weighted by atomic mass is 10.2. The average Bonchev–Trinajstić information content (AvgIpc) is 2.91. The minimum Gasteiger partial charge on any atom is -0.361 e. The summed E-state index contributed by atoms with van der Waals surface area (Å²) >= 11 is 3.37. The molecule has 0 amide bonds. The molecule has 0 saturated carbocycles. The molecule has 3 aromatic rings. The van der Waals surface area contributed by atoms with Gasteiger partial charge in [-0.25, -0.2) is 8.42 Å². The van der Waals surface area contributed by atoms with Crippen LogP contribution < -0.4 is 4.72 Å². The van der Waals surface area contributed by atoms with Crippen molar-refractivity contribution in [3.63, 3.8) is 0 Å². The number of fused-ring (bicyclic) bond motifs is 1. The normalized spacial score (nSPS) is 11.7. The summed E-state index contributed by atoms with van der Waals surface area (Å²) in [6.45, 7) is 1.86. The Hall–Kier alpha value is -1.79. The van der Waals surface area contributed by atoms with Crippen molar-refractivity contribution < 1.29 is 8.42 Å². The first-order chi connectivity index (χ1) is 9.97. The molecule has 21 heavy (non-hydrogen) atoms. The fourth-order valence-corrected chi connectivity index (χ4v) is 3.57. The van der Waals surface area contributed by atoms with Crippen LogP contribution in [0.1, 0.15) is 5.56 Å². The topological polar surface area (TPSA) is 62.0 Å². The fourth-order valence-electron chi connectivity index (χ4n) is 2.16. The van der Waals surface area contributed by atoms with E-state index >= 15 is 0 Å². The van der Waals surface area contributed by atoms with Crippen LogP contribution >= 0.6 is 15.9 Å². The number of H-pyrrole nitrogens is 1. The molecule has 0 aliphatic heterocycles. The number of aryl methyl sites for hydroxylation is 1. The lowest BCUT2D eigenvalue weighted by molar-refractivity contribution is 0.601. The molecule has 108 valence electrons. The number of rotatable bonds is 3. The van der Waals surface area contributed by atoms with Crippen LogP contribution in [0.4, 0.5) is 5.69 Å². The molecule has 3 rings (SSSR count). The van der Waals surface area contributed by atoms with Crippen LogP contribution in [0.3, 0.4) is 0 Å². The summed E-state index contributed by atoms with van der Waals surface area (Å²) < 4.78 is 28.5. The van der Waals surface area contributed by atoms with Crippen molar-refractivity contribution in [2.75, 3.05) is 4.72 Å². The molecule has 1 aromatic heterocycles. The highest BCUT2D eigenvalue weighted by atomic mass is 79.9. The smallest absolute Gasteiger partial charge is 0.261 e. The number of aromatic amines is 1. The van der Waals surface area contributed by atoms with E-state index in [1.54, 1.807) is 30.5 Å². The van der Waals surface area contributed by atoms with Crippen molar-refractivity contribution in [3.8, 4) is 0 Å². The van der Waals surface area contributed by atoms with E-state index in [1.165, 1.54) is 0 Å². The minimum absolute atomic E-state index is 0.246. The van der Waals surface area contributed by atoms with Gasteiger partial charge in [0, 0.05) is 21.6 Å². The molecule has 2 N–H and O–H groups in total. The molecular formula is C15H13BrN2O2S. The van der Waals surface area contributed by atoms with Crippen LogP contribution in [0.15, 0.2) is 58.0 Å². The van der Waals surface area contributed by atoms with Crippen LogP contribution in [-0.4, -0.2) is 13.4 Å². The number of aromatic nitrogens is 1. The molecule has 0 radical (unpaired) electrons. The Morgan fingerprint density at radius 1 is 1.14 bits per heavy atom. The zero-order valence-corrected chi connectivity index (χ0v) is 13.6. The molecular weight excluding hydrogens is 352 g/mol. The zero-order valence-electron chi connectivity index (χ0n) is 11.2. The van der Waals surface area contributed by atoms with E-state index in [0.29, 0.717) is 5.69 Å². The standard InChI is InChI=1S/C15H13BrN2O2S/c1-10-9-11(5-6-13(10)16)21(19,20)18-15-4-2-3-14-12(15)7-8-17-14/h2-9,17-18H,1H3. The summed E-state index contributed by atoms with van der Waals surface area (Å²) in [7, 11) is -3.61. The molecule has 0 aliphatic carbocycles. The van der Waals surface area contributed by atoms with Crippen LogP contribution in [0.2, 0.25) is 0 Å². The Bertz CT molecular complexity index is 916. The minimum atomic E-state index is -3.61. The van der Waals surface area contributed by atoms with Crippen LogP contribution in [0, 0.1) is 6.92 Å². The van der Waals surface area contributed by atoms with Crippen LogP contribution in [-0.2, 0) is 10.0 Å². The Balaban J connectivity index is 2.03. The molecule has 0 atom stereocenters. The van der Waals surface area contributed by atoms with Gasteiger partial charge in [0.2, 0.25) is 0 Å². The van der Waals surface area contributed by atoms with Gasteiger partial charge in [-0.1, -0.05) is 22.0 Å². The van der Waals surface area contributed by atoms with Gasteiger partial charge in [-0.2, -0.15) is 0 Å². The van der Waals surface area contributed by atoms with Gasteiger partial charge in [0.05, 0.1) is 10.6 Å². The molecule has 0 bridgehead atoms. The van der Waals surface area contributed by atoms with Crippen molar-refractivity contribution >= 4 is 42.5 Å². The van der Waals surface area contributed by atoms with Gasteiger partial charge in [0.15, 0.2) is 0 Å². The molecule has 0 aliphatic rings. The first-order valence-electron chi connectivity index (χ1n) is 6.32. The summed E-state index contributed by atoms with van der Waals surface area (Å²) in [5, 5.41) is 0.843. The number of anilines is 1. The Morgan fingerprint density at radius 3 is 2.71 bits per heavy atom. The molecule has 4 nitrogen and oxygen atoms in total. The van der Waals surface area contributed by atoms with Crippen LogP contribution in [0.25, 0.3) is 10.9 Å². The molecule has 1 heterocycles. The van der Waals surface area contributed by atoms with Crippen molar-refractivity contribution in [3.05, 3.63) is 58.7 Å². The molecule has 0 fully saturated rings. The third-order valence-electron chi connectivity index (χ3n) is 3.28. The van der Waals surface area contributed by atoms with E-state index in [1.807, 2.05) is 25.1 Å². The summed E-state index contributed by atoms with van der Waals surface area (Å²) in [6, 6.07) is 12.3. The van der Waals surface area contributed by atoms with E-state index in [0.717, 1.165) is 20.9 Å². The second-order valence-electron chi connectivity index (χ2n) is 4.76. The van der Waals surface area contributed by atoms with Gasteiger partial charge < -0.3 is 4.98 Å². The zero-order chi connectivity index (χ0) is 15.0. The first-order valence-corrected chi connectivity index (χ1v) is 8.60. The fraction of sp³-hybridized carbons (Fsp3) is 0.0667. The monoisotopic (exact) mass is 364 g/mol. The molecule has 6 heteroatoms. The van der Waals surface area contributed by atoms with Gasteiger partial charge in [0.25, 0.3) is 10.0 Å². The van der Waals surface area contributed by atoms with Crippen molar-refractivity contribution in [1.82, 2.24) is 4.98 Å². The number of nitrogens with one attached hydrogen (secondary N) is 2. The largest absolute Gasteiger partial charge is 0.361 e. The highest BCUT2D eigenvalue weighted by molar-refractivity contribution is 9.10. The van der Waals surface area contributed by atoms with Crippen molar-refractivity contribution in [1.29, 1.82) is 0 Å². The SMILES string of the molecule is Cc1cc(S(=O)(=O)Nc2cccc3[nH]ccc23)ccc1Br. The van der Waals surface area contributed by atoms with Gasteiger partial charge >= 0.3 is 0 Å². The highest BCUT2D eigenvalue weighted by Crippen LogP contribution is 2.26. The summed E-state index contributed by atoms with van der Waals surface area (Å²) in [4.78, 5) is 3.31. The van der Waals surface area contributed by atoms with E-state index in [2.05, 4.69) is 25.6 Å². The van der Waals surface area contributed by atoms with Gasteiger partial charge in [-0.15, -0.1) is 0 Å². The van der Waals surface area contributed by atoms with Gasteiger partial charge in [-0.3, -0.25) is 4.72 Å². The third kappa shape index (κ3) is 2.69. The van der Waals surface area contributed by atoms with Crippen LogP contribution in [0.5, 0.6) is 0 Å². The third-order valence-corrected chi connectivity index (χ3v) is 5.53. The Morgan fingerprint density at radius 2 is 1.95 bits per heavy atom. The van der Waals surface area contributed by atoms with E-state index in [4.69, 9.17) is 0 Å². The number of halogens is 1. The maximum absolute atomic E-state index is 12.5. The number of hydrogen-bond donors (Lipinski definition) is 2. The average molecular weight is 365 g/mol. The van der Waals surface area contributed by atoms with Crippen molar-refractivity contribution in [2.24, 2.45) is 0 Å². The molecule has 0 spiro atoms. The Kier molecular flexibility index (Phi) is 3.51. The summed E-state index contributed by atoms with van der Waals surface area (Å²) in [5.74, 6) is 0. The highest BCUT2D eigenvalue weighted by Gasteiger charge is 2.16. The maximum Gasteiger partial charge on any atom is 0.261 e. The lowest BCUT2D eigenvalue weighted by Gasteiger charge is -2.10. The second-order valence-corrected chi connectivity index (χ2v) is 7.30. The predicted octanol–water partition coefficient (Wildman–Crippen LogP) is 4.04. The second kappa shape index (κ2) is 5.20. The first kappa shape index (κ1) is 14.2. The number of hydrogen-bond acceptors (Lipinski definition) is 2. The van der Waals surface area contributed by atoms with E-state index in [9.17, 15) is 8.42 Å².